The molecule has 0 unspecified atom stereocenters. The van der Waals surface area contributed by atoms with E-state index in [2.05, 4.69) is 20.6 Å². The molecule has 2 heterocycles. The summed E-state index contributed by atoms with van der Waals surface area (Å²) >= 11 is 0. The lowest BCUT2D eigenvalue weighted by molar-refractivity contribution is 0.433. The number of aromatic hydroxyl groups is 1. The van der Waals surface area contributed by atoms with Crippen LogP contribution in [0.1, 0.15) is 12.0 Å². The second-order valence-electron chi connectivity index (χ2n) is 8.31. The van der Waals surface area contributed by atoms with Crippen LogP contribution in [0.2, 0.25) is 0 Å². The van der Waals surface area contributed by atoms with Gasteiger partial charge in [0, 0.05) is 23.1 Å². The van der Waals surface area contributed by atoms with Crippen LogP contribution in [-0.2, 0) is 0 Å². The van der Waals surface area contributed by atoms with E-state index in [-0.39, 0.29) is 11.1 Å². The number of nitriles is 1. The molecule has 0 amide bonds. The maximum Gasteiger partial charge on any atom is 0.223 e. The third-order valence-corrected chi connectivity index (χ3v) is 6.06. The van der Waals surface area contributed by atoms with Gasteiger partial charge in [-0.15, -0.1) is 0 Å². The molecule has 170 valence electrons. The summed E-state index contributed by atoms with van der Waals surface area (Å²) in [5.74, 6) is -0.934. The lowest BCUT2D eigenvalue weighted by Gasteiger charge is -2.14. The first kappa shape index (κ1) is 21.7. The Morgan fingerprint density at radius 3 is 2.71 bits per heavy atom. The highest BCUT2D eigenvalue weighted by Gasteiger charge is 2.18. The van der Waals surface area contributed by atoms with Crippen molar-refractivity contribution < 1.29 is 13.9 Å². The van der Waals surface area contributed by atoms with E-state index in [9.17, 15) is 13.9 Å². The monoisotopic (exact) mass is 457 g/mol. The number of phenols is 1. The quantitative estimate of drug-likeness (QED) is 0.397. The molecular weight excluding hydrogens is 436 g/mol. The molecule has 0 spiro atoms. The van der Waals surface area contributed by atoms with E-state index in [1.165, 1.54) is 18.2 Å². The van der Waals surface area contributed by atoms with Gasteiger partial charge in [0.1, 0.15) is 11.9 Å². The maximum atomic E-state index is 14.6. The van der Waals surface area contributed by atoms with Crippen LogP contribution < -0.4 is 10.6 Å². The SMILES string of the molecule is N#Cc1ccc(-c2nc(NC[C@H]3CCNC3)nc3ccc(-c4cccc(O)c4F)cc23)cc1F. The van der Waals surface area contributed by atoms with Gasteiger partial charge in [0.2, 0.25) is 5.95 Å². The minimum absolute atomic E-state index is 0.0586. The summed E-state index contributed by atoms with van der Waals surface area (Å²) in [5, 5.41) is 26.1. The van der Waals surface area contributed by atoms with Crippen LogP contribution in [0.5, 0.6) is 5.75 Å². The smallest absolute Gasteiger partial charge is 0.223 e. The molecule has 0 aliphatic carbocycles. The highest BCUT2D eigenvalue weighted by Crippen LogP contribution is 2.34. The number of fused-ring (bicyclic) bond motifs is 1. The number of hydrogen-bond acceptors (Lipinski definition) is 6. The lowest BCUT2D eigenvalue weighted by Crippen LogP contribution is -2.18. The van der Waals surface area contributed by atoms with Crippen molar-refractivity contribution in [2.75, 3.05) is 25.0 Å². The Labute approximate surface area is 194 Å². The molecular formula is C26H21F2N5O. The van der Waals surface area contributed by atoms with E-state index in [0.717, 1.165) is 19.5 Å². The zero-order valence-corrected chi connectivity index (χ0v) is 18.1. The van der Waals surface area contributed by atoms with Crippen molar-refractivity contribution in [3.63, 3.8) is 0 Å². The van der Waals surface area contributed by atoms with Crippen LogP contribution in [0, 0.1) is 28.9 Å². The molecule has 8 heteroatoms. The van der Waals surface area contributed by atoms with Crippen molar-refractivity contribution >= 4 is 16.9 Å². The summed E-state index contributed by atoms with van der Waals surface area (Å²) in [6, 6.07) is 15.8. The van der Waals surface area contributed by atoms with E-state index >= 15 is 0 Å². The Balaban J connectivity index is 1.64. The van der Waals surface area contributed by atoms with Crippen molar-refractivity contribution in [2.24, 2.45) is 5.92 Å². The number of phenolic OH excluding ortho intramolecular Hbond substituents is 1. The average Bonchev–Trinajstić information content (AvgIpc) is 3.37. The third kappa shape index (κ3) is 4.14. The summed E-state index contributed by atoms with van der Waals surface area (Å²) in [7, 11) is 0. The van der Waals surface area contributed by atoms with E-state index < -0.39 is 17.4 Å². The van der Waals surface area contributed by atoms with Gasteiger partial charge in [0.25, 0.3) is 0 Å². The van der Waals surface area contributed by atoms with Crippen LogP contribution >= 0.6 is 0 Å². The minimum atomic E-state index is -0.725. The van der Waals surface area contributed by atoms with Gasteiger partial charge in [-0.1, -0.05) is 24.3 Å². The van der Waals surface area contributed by atoms with E-state index in [1.807, 2.05) is 6.07 Å². The van der Waals surface area contributed by atoms with Crippen LogP contribution in [-0.4, -0.2) is 34.7 Å². The molecule has 0 bridgehead atoms. The summed E-state index contributed by atoms with van der Waals surface area (Å²) in [5.41, 5.74) is 2.24. The molecule has 1 aliphatic heterocycles. The summed E-state index contributed by atoms with van der Waals surface area (Å²) in [6.45, 7) is 2.61. The predicted molar refractivity (Wildman–Crippen MR) is 126 cm³/mol. The topological polar surface area (TPSA) is 93.9 Å². The molecule has 0 radical (unpaired) electrons. The third-order valence-electron chi connectivity index (χ3n) is 6.06. The molecule has 1 saturated heterocycles. The van der Waals surface area contributed by atoms with Crippen LogP contribution in [0.4, 0.5) is 14.7 Å². The summed E-state index contributed by atoms with van der Waals surface area (Å²) in [6.07, 6.45) is 1.06. The van der Waals surface area contributed by atoms with Gasteiger partial charge in [0.15, 0.2) is 11.6 Å². The molecule has 6 nitrogen and oxygen atoms in total. The molecule has 3 aromatic carbocycles. The zero-order valence-electron chi connectivity index (χ0n) is 18.1. The van der Waals surface area contributed by atoms with Crippen LogP contribution in [0.25, 0.3) is 33.3 Å². The number of nitrogens with zero attached hydrogens (tertiary/aromatic N) is 3. The van der Waals surface area contributed by atoms with Gasteiger partial charge in [-0.25, -0.2) is 18.7 Å². The van der Waals surface area contributed by atoms with Gasteiger partial charge < -0.3 is 15.7 Å². The van der Waals surface area contributed by atoms with Crippen LogP contribution in [0.15, 0.2) is 54.6 Å². The van der Waals surface area contributed by atoms with Crippen molar-refractivity contribution in [1.82, 2.24) is 15.3 Å². The molecule has 1 atom stereocenters. The van der Waals surface area contributed by atoms with Crippen molar-refractivity contribution in [3.8, 4) is 34.2 Å². The van der Waals surface area contributed by atoms with E-state index in [0.29, 0.717) is 46.1 Å². The number of benzene rings is 3. The van der Waals surface area contributed by atoms with E-state index in [4.69, 9.17) is 5.26 Å². The van der Waals surface area contributed by atoms with Crippen molar-refractivity contribution in [1.29, 1.82) is 5.26 Å². The molecule has 4 aromatic rings. The maximum absolute atomic E-state index is 14.6. The van der Waals surface area contributed by atoms with Gasteiger partial charge >= 0.3 is 0 Å². The number of halogens is 2. The standard InChI is InChI=1S/C26H21F2N5O/c27-21-11-17(4-5-18(21)12-29)25-20-10-16(19-2-1-3-23(34)24(19)28)6-7-22(20)32-26(33-25)31-14-15-8-9-30-13-15/h1-7,10-11,15,30,34H,8-9,13-14H2,(H,31,32,33)/t15-/m0/s1. The Morgan fingerprint density at radius 2 is 1.94 bits per heavy atom. The first-order chi connectivity index (χ1) is 16.5. The van der Waals surface area contributed by atoms with Gasteiger partial charge in [0.05, 0.1) is 16.8 Å². The Hall–Kier alpha value is -4.09. The summed E-state index contributed by atoms with van der Waals surface area (Å²) < 4.78 is 29.0. The molecule has 1 aliphatic rings. The first-order valence-corrected chi connectivity index (χ1v) is 11.0. The highest BCUT2D eigenvalue weighted by molar-refractivity contribution is 5.96. The molecule has 34 heavy (non-hydrogen) atoms. The predicted octanol–water partition coefficient (Wildman–Crippen LogP) is 4.84. The second kappa shape index (κ2) is 9.04. The normalized spacial score (nSPS) is 15.4. The number of aromatic nitrogens is 2. The zero-order chi connectivity index (χ0) is 23.7. The van der Waals surface area contributed by atoms with Crippen molar-refractivity contribution in [2.45, 2.75) is 6.42 Å². The largest absolute Gasteiger partial charge is 0.505 e. The Morgan fingerprint density at radius 1 is 1.09 bits per heavy atom. The fourth-order valence-electron chi connectivity index (χ4n) is 4.22. The van der Waals surface area contributed by atoms with Crippen LogP contribution in [0.3, 0.4) is 0 Å². The molecule has 3 N–H and O–H groups in total. The van der Waals surface area contributed by atoms with Gasteiger partial charge in [-0.05, 0) is 61.3 Å². The molecule has 5 rings (SSSR count). The Bertz CT molecular complexity index is 1430. The number of hydrogen-bond donors (Lipinski definition) is 3. The number of nitrogens with one attached hydrogen (secondary N) is 2. The van der Waals surface area contributed by atoms with E-state index in [1.54, 1.807) is 36.4 Å². The fourth-order valence-corrected chi connectivity index (χ4v) is 4.22. The average molecular weight is 457 g/mol. The molecule has 1 aromatic heterocycles. The fraction of sp³-hybridized carbons (Fsp3) is 0.192. The summed E-state index contributed by atoms with van der Waals surface area (Å²) in [4.78, 5) is 9.29. The lowest BCUT2D eigenvalue weighted by atomic mass is 9.99. The molecule has 0 saturated carbocycles. The molecule has 1 fully saturated rings. The number of anilines is 1. The highest BCUT2D eigenvalue weighted by atomic mass is 19.1. The van der Waals surface area contributed by atoms with Crippen molar-refractivity contribution in [3.05, 3.63) is 71.8 Å². The minimum Gasteiger partial charge on any atom is -0.505 e. The van der Waals surface area contributed by atoms with Gasteiger partial charge in [-0.3, -0.25) is 0 Å². The van der Waals surface area contributed by atoms with Gasteiger partial charge in [-0.2, -0.15) is 5.26 Å². The number of rotatable bonds is 5. The second-order valence-corrected chi connectivity index (χ2v) is 8.31. The Kier molecular flexibility index (Phi) is 5.78. The first-order valence-electron chi connectivity index (χ1n) is 11.0.